The Hall–Kier alpha value is -1.72. The van der Waals surface area contributed by atoms with Gasteiger partial charge in [0, 0.05) is 23.0 Å². The van der Waals surface area contributed by atoms with Crippen molar-refractivity contribution in [1.29, 1.82) is 0 Å². The normalized spacial score (nSPS) is 25.0. The molecule has 2 atom stereocenters. The molecule has 21 heavy (non-hydrogen) atoms. The van der Waals surface area contributed by atoms with Crippen molar-refractivity contribution in [2.45, 2.75) is 38.5 Å². The Morgan fingerprint density at radius 3 is 1.43 bits per heavy atom. The molecule has 1 fully saturated rings. The van der Waals surface area contributed by atoms with Crippen LogP contribution in [0.3, 0.4) is 0 Å². The summed E-state index contributed by atoms with van der Waals surface area (Å²) in [7, 11) is 0. The number of Topliss-reactive ketones (excluding diaryl/α,β-unsaturated/α-hetero) is 2. The molecule has 0 radical (unpaired) electrons. The molecule has 3 rings (SSSR count). The van der Waals surface area contributed by atoms with Gasteiger partial charge in [0.15, 0.2) is 23.3 Å². The molecule has 1 aromatic carbocycles. The van der Waals surface area contributed by atoms with Gasteiger partial charge in [0.25, 0.3) is 0 Å². The van der Waals surface area contributed by atoms with E-state index < -0.39 is 52.1 Å². The van der Waals surface area contributed by atoms with E-state index in [-0.39, 0.29) is 24.0 Å². The molecule has 2 aliphatic rings. The van der Waals surface area contributed by atoms with Gasteiger partial charge in [-0.3, -0.25) is 9.59 Å². The van der Waals surface area contributed by atoms with Crippen LogP contribution < -0.4 is 0 Å². The van der Waals surface area contributed by atoms with E-state index in [1.807, 2.05) is 0 Å². The molecule has 2 nitrogen and oxygen atoms in total. The van der Waals surface area contributed by atoms with Crippen molar-refractivity contribution in [2.24, 2.45) is 5.41 Å². The highest BCUT2D eigenvalue weighted by Crippen LogP contribution is 2.66. The molecule has 0 saturated heterocycles. The summed E-state index contributed by atoms with van der Waals surface area (Å²) in [6.45, 7) is 2.36. The smallest absolute Gasteiger partial charge is 0.197 e. The molecule has 1 saturated carbocycles. The quantitative estimate of drug-likeness (QED) is 0.363. The van der Waals surface area contributed by atoms with Gasteiger partial charge in [-0.25, -0.2) is 17.6 Å². The summed E-state index contributed by atoms with van der Waals surface area (Å²) in [5.41, 5.74) is -2.27. The van der Waals surface area contributed by atoms with Gasteiger partial charge in [-0.1, -0.05) is 0 Å². The number of fused-ring (bicyclic) bond motifs is 5. The number of halogens is 4. The van der Waals surface area contributed by atoms with Gasteiger partial charge in [0.2, 0.25) is 0 Å². The summed E-state index contributed by atoms with van der Waals surface area (Å²) >= 11 is 0. The van der Waals surface area contributed by atoms with Crippen LogP contribution >= 0.6 is 0 Å². The third-order valence-corrected chi connectivity index (χ3v) is 5.05. The SMILES string of the molecule is CC(=O)C1(C(C)=O)C2CCC1c1c(F)c(F)c(F)c(F)c12. The van der Waals surface area contributed by atoms with Crippen LogP contribution in [0.15, 0.2) is 0 Å². The van der Waals surface area contributed by atoms with E-state index >= 15 is 0 Å². The second-order valence-electron chi connectivity index (χ2n) is 5.75. The highest BCUT2D eigenvalue weighted by molar-refractivity contribution is 6.08. The number of hydrogen-bond acceptors (Lipinski definition) is 2. The average molecular weight is 300 g/mol. The predicted octanol–water partition coefficient (Wildman–Crippen LogP) is 3.38. The van der Waals surface area contributed by atoms with Crippen molar-refractivity contribution in [3.8, 4) is 0 Å². The molecule has 0 aromatic heterocycles. The summed E-state index contributed by atoms with van der Waals surface area (Å²) in [6.07, 6.45) is 0.552. The first-order valence-electron chi connectivity index (χ1n) is 6.64. The lowest BCUT2D eigenvalue weighted by Crippen LogP contribution is -2.39. The highest BCUT2D eigenvalue weighted by Gasteiger charge is 2.65. The highest BCUT2D eigenvalue weighted by atomic mass is 19.2. The predicted molar refractivity (Wildman–Crippen MR) is 64.8 cm³/mol. The molecular weight excluding hydrogens is 288 g/mol. The Kier molecular flexibility index (Phi) is 2.81. The lowest BCUT2D eigenvalue weighted by atomic mass is 9.70. The van der Waals surface area contributed by atoms with Crippen molar-refractivity contribution in [3.63, 3.8) is 0 Å². The monoisotopic (exact) mass is 300 g/mol. The van der Waals surface area contributed by atoms with E-state index in [4.69, 9.17) is 0 Å². The van der Waals surface area contributed by atoms with Crippen LogP contribution in [0.1, 0.15) is 49.7 Å². The van der Waals surface area contributed by atoms with Crippen LogP contribution in [0.5, 0.6) is 0 Å². The molecular formula is C15H12F4O2. The van der Waals surface area contributed by atoms with Gasteiger partial charge in [0.1, 0.15) is 17.0 Å². The van der Waals surface area contributed by atoms with E-state index in [9.17, 15) is 27.2 Å². The first-order chi connectivity index (χ1) is 9.76. The van der Waals surface area contributed by atoms with E-state index in [1.54, 1.807) is 0 Å². The Morgan fingerprint density at radius 1 is 0.810 bits per heavy atom. The van der Waals surface area contributed by atoms with Crippen LogP contribution in [-0.4, -0.2) is 11.6 Å². The Bertz CT molecular complexity index is 637. The third-order valence-electron chi connectivity index (χ3n) is 5.05. The van der Waals surface area contributed by atoms with Crippen molar-refractivity contribution in [1.82, 2.24) is 0 Å². The summed E-state index contributed by atoms with van der Waals surface area (Å²) in [4.78, 5) is 24.2. The van der Waals surface area contributed by atoms with Crippen LogP contribution in [0.25, 0.3) is 0 Å². The molecule has 1 aromatic rings. The number of ketones is 2. The van der Waals surface area contributed by atoms with E-state index in [2.05, 4.69) is 0 Å². The first-order valence-corrected chi connectivity index (χ1v) is 6.64. The van der Waals surface area contributed by atoms with Gasteiger partial charge in [-0.05, 0) is 26.7 Å². The maximum atomic E-state index is 14.1. The van der Waals surface area contributed by atoms with Crippen LogP contribution in [0, 0.1) is 28.7 Å². The largest absolute Gasteiger partial charge is 0.299 e. The van der Waals surface area contributed by atoms with Gasteiger partial charge < -0.3 is 0 Å². The number of rotatable bonds is 2. The van der Waals surface area contributed by atoms with Crippen molar-refractivity contribution in [2.75, 3.05) is 0 Å². The van der Waals surface area contributed by atoms with Gasteiger partial charge in [0.05, 0.1) is 0 Å². The molecule has 0 heterocycles. The van der Waals surface area contributed by atoms with Gasteiger partial charge >= 0.3 is 0 Å². The standard InChI is InChI=1S/C15H12F4O2/c1-5(20)15(6(2)21)7-3-4-8(15)10-9(7)11(16)13(18)14(19)12(10)17/h7-8H,3-4H2,1-2H3. The van der Waals surface area contributed by atoms with Gasteiger partial charge in [-0.2, -0.15) is 0 Å². The van der Waals surface area contributed by atoms with Crippen LogP contribution in [0.2, 0.25) is 0 Å². The fourth-order valence-corrected chi connectivity index (χ4v) is 4.35. The minimum atomic E-state index is -1.89. The second-order valence-corrected chi connectivity index (χ2v) is 5.75. The molecule has 2 bridgehead atoms. The zero-order valence-corrected chi connectivity index (χ0v) is 11.4. The fraction of sp³-hybridized carbons (Fsp3) is 0.467. The van der Waals surface area contributed by atoms with E-state index in [1.165, 1.54) is 13.8 Å². The fourth-order valence-electron chi connectivity index (χ4n) is 4.35. The lowest BCUT2D eigenvalue weighted by molar-refractivity contribution is -0.139. The summed E-state index contributed by atoms with van der Waals surface area (Å²) < 4.78 is 55.1. The zero-order chi connectivity index (χ0) is 15.7. The Morgan fingerprint density at radius 2 is 1.14 bits per heavy atom. The molecule has 0 amide bonds. The Balaban J connectivity index is 2.39. The lowest BCUT2D eigenvalue weighted by Gasteiger charge is -2.28. The van der Waals surface area contributed by atoms with Crippen LogP contribution in [0.4, 0.5) is 17.6 Å². The minimum absolute atomic E-state index is 0.276. The number of carbonyl (C=O) groups is 2. The maximum absolute atomic E-state index is 14.1. The molecule has 2 unspecified atom stereocenters. The summed E-state index contributed by atoms with van der Waals surface area (Å²) in [6, 6.07) is 0. The first kappa shape index (κ1) is 14.2. The van der Waals surface area contributed by atoms with Crippen molar-refractivity contribution < 1.29 is 27.2 Å². The topological polar surface area (TPSA) is 34.1 Å². The number of carbonyl (C=O) groups excluding carboxylic acids is 2. The molecule has 112 valence electrons. The third kappa shape index (κ3) is 1.38. The van der Waals surface area contributed by atoms with Gasteiger partial charge in [-0.15, -0.1) is 0 Å². The summed E-state index contributed by atoms with van der Waals surface area (Å²) in [5.74, 6) is -9.61. The average Bonchev–Trinajstić information content (AvgIpc) is 2.94. The minimum Gasteiger partial charge on any atom is -0.299 e. The maximum Gasteiger partial charge on any atom is 0.197 e. The molecule has 6 heteroatoms. The molecule has 2 aliphatic carbocycles. The molecule has 0 N–H and O–H groups in total. The van der Waals surface area contributed by atoms with Crippen LogP contribution in [-0.2, 0) is 9.59 Å². The zero-order valence-electron chi connectivity index (χ0n) is 11.4. The van der Waals surface area contributed by atoms with E-state index in [0.29, 0.717) is 0 Å². The number of hydrogen-bond donors (Lipinski definition) is 0. The second kappa shape index (κ2) is 4.15. The van der Waals surface area contributed by atoms with Crippen molar-refractivity contribution in [3.05, 3.63) is 34.4 Å². The Labute approximate surface area is 118 Å². The summed E-state index contributed by atoms with van der Waals surface area (Å²) in [5, 5.41) is 0. The number of benzene rings is 1. The molecule has 0 spiro atoms. The van der Waals surface area contributed by atoms with E-state index in [0.717, 1.165) is 0 Å². The van der Waals surface area contributed by atoms with Crippen molar-refractivity contribution >= 4 is 11.6 Å². The molecule has 0 aliphatic heterocycles.